The third-order valence-corrected chi connectivity index (χ3v) is 6.09. The highest BCUT2D eigenvalue weighted by Gasteiger charge is 2.36. The molecule has 0 atom stereocenters. The molecule has 4 nitrogen and oxygen atoms in total. The van der Waals surface area contributed by atoms with E-state index in [9.17, 15) is 9.18 Å². The zero-order valence-electron chi connectivity index (χ0n) is 17.4. The van der Waals surface area contributed by atoms with Crippen LogP contribution < -0.4 is 4.90 Å². The molecule has 0 saturated carbocycles. The maximum absolute atomic E-state index is 13.7. The molecule has 32 heavy (non-hydrogen) atoms. The number of benzene rings is 3. The van der Waals surface area contributed by atoms with Gasteiger partial charge >= 0.3 is 0 Å². The summed E-state index contributed by atoms with van der Waals surface area (Å²) < 4.78 is 15.8. The summed E-state index contributed by atoms with van der Waals surface area (Å²) in [6.45, 7) is 0.528. The van der Waals surface area contributed by atoms with Crippen molar-refractivity contribution < 1.29 is 9.18 Å². The molecule has 3 aromatic carbocycles. The molecule has 158 valence electrons. The fourth-order valence-electron chi connectivity index (χ4n) is 4.06. The summed E-state index contributed by atoms with van der Waals surface area (Å²) >= 11 is 5.56. The Bertz CT molecular complexity index is 1380. The normalized spacial score (nSPS) is 15.4. The van der Waals surface area contributed by atoms with Crippen molar-refractivity contribution in [3.8, 4) is 0 Å². The molecule has 1 fully saturated rings. The van der Waals surface area contributed by atoms with Crippen LogP contribution in [-0.4, -0.2) is 27.5 Å². The van der Waals surface area contributed by atoms with Crippen molar-refractivity contribution in [2.75, 3.05) is 11.9 Å². The highest BCUT2D eigenvalue weighted by molar-refractivity contribution is 7.80. The maximum atomic E-state index is 13.7. The van der Waals surface area contributed by atoms with Crippen molar-refractivity contribution in [3.05, 3.63) is 108 Å². The van der Waals surface area contributed by atoms with Gasteiger partial charge in [-0.3, -0.25) is 9.69 Å². The lowest BCUT2D eigenvalue weighted by atomic mass is 10.1. The van der Waals surface area contributed by atoms with Crippen LogP contribution in [-0.2, 0) is 11.3 Å². The Labute approximate surface area is 190 Å². The molecule has 0 aliphatic carbocycles. The van der Waals surface area contributed by atoms with Gasteiger partial charge in [0.15, 0.2) is 5.11 Å². The molecule has 1 amide bonds. The summed E-state index contributed by atoms with van der Waals surface area (Å²) in [5.41, 5.74) is 4.04. The van der Waals surface area contributed by atoms with Crippen LogP contribution in [0.25, 0.3) is 17.0 Å². The summed E-state index contributed by atoms with van der Waals surface area (Å²) in [5.74, 6) is -0.417. The number of fused-ring (bicyclic) bond motifs is 1. The van der Waals surface area contributed by atoms with Crippen LogP contribution in [0.4, 0.5) is 10.1 Å². The molecule has 2 heterocycles. The lowest BCUT2D eigenvalue weighted by Crippen LogP contribution is -2.30. The third kappa shape index (κ3) is 3.48. The predicted octanol–water partition coefficient (Wildman–Crippen LogP) is 5.43. The number of likely N-dealkylation sites (N-methyl/N-ethyl adjacent to an activating group) is 1. The van der Waals surface area contributed by atoms with Crippen LogP contribution >= 0.6 is 12.2 Å². The molecular weight excluding hydrogens is 421 g/mol. The van der Waals surface area contributed by atoms with E-state index in [0.29, 0.717) is 17.4 Å². The molecule has 1 aliphatic heterocycles. The van der Waals surface area contributed by atoms with Gasteiger partial charge in [-0.1, -0.05) is 48.5 Å². The van der Waals surface area contributed by atoms with Gasteiger partial charge in [-0.15, -0.1) is 0 Å². The van der Waals surface area contributed by atoms with Crippen LogP contribution in [0.2, 0.25) is 0 Å². The molecular formula is C26H20FN3OS. The average molecular weight is 442 g/mol. The number of halogens is 1. The van der Waals surface area contributed by atoms with Crippen molar-refractivity contribution in [3.63, 3.8) is 0 Å². The van der Waals surface area contributed by atoms with Gasteiger partial charge in [-0.05, 0) is 54.2 Å². The van der Waals surface area contributed by atoms with Crippen LogP contribution in [0.15, 0.2) is 90.8 Å². The zero-order valence-corrected chi connectivity index (χ0v) is 18.2. The van der Waals surface area contributed by atoms with E-state index in [1.165, 1.54) is 12.1 Å². The van der Waals surface area contributed by atoms with Gasteiger partial charge < -0.3 is 9.47 Å². The lowest BCUT2D eigenvalue weighted by molar-refractivity contribution is -0.114. The van der Waals surface area contributed by atoms with Gasteiger partial charge in [0.1, 0.15) is 11.5 Å². The Morgan fingerprint density at radius 1 is 0.969 bits per heavy atom. The van der Waals surface area contributed by atoms with Crippen molar-refractivity contribution >= 4 is 45.9 Å². The molecule has 1 aromatic heterocycles. The molecule has 1 aliphatic rings. The highest BCUT2D eigenvalue weighted by Crippen LogP contribution is 2.30. The van der Waals surface area contributed by atoms with Crippen molar-refractivity contribution in [2.45, 2.75) is 6.54 Å². The topological polar surface area (TPSA) is 28.5 Å². The van der Waals surface area contributed by atoms with Gasteiger partial charge in [0.25, 0.3) is 5.91 Å². The lowest BCUT2D eigenvalue weighted by Gasteiger charge is -2.16. The SMILES string of the molecule is CN1C(=S)N(c2ccccc2)C(=O)/C1=C/c1cn(Cc2cccc(F)c2)c2ccccc12. The molecule has 4 aromatic rings. The Morgan fingerprint density at radius 3 is 2.50 bits per heavy atom. The zero-order chi connectivity index (χ0) is 22.2. The molecule has 1 saturated heterocycles. The summed E-state index contributed by atoms with van der Waals surface area (Å²) in [4.78, 5) is 16.6. The minimum atomic E-state index is -0.256. The monoisotopic (exact) mass is 441 g/mol. The van der Waals surface area contributed by atoms with Crippen molar-refractivity contribution in [1.82, 2.24) is 9.47 Å². The Kier molecular flexibility index (Phi) is 5.07. The number of carbonyl (C=O) groups excluding carboxylic acids is 1. The van der Waals surface area contributed by atoms with E-state index in [1.54, 1.807) is 22.9 Å². The summed E-state index contributed by atoms with van der Waals surface area (Å²) in [5, 5.41) is 1.46. The smallest absolute Gasteiger partial charge is 0.281 e. The number of amides is 1. The number of hydrogen-bond donors (Lipinski definition) is 0. The highest BCUT2D eigenvalue weighted by atomic mass is 32.1. The fourth-order valence-corrected chi connectivity index (χ4v) is 4.35. The van der Waals surface area contributed by atoms with E-state index in [2.05, 4.69) is 4.57 Å². The molecule has 0 unspecified atom stereocenters. The van der Waals surface area contributed by atoms with E-state index >= 15 is 0 Å². The first-order valence-electron chi connectivity index (χ1n) is 10.2. The number of nitrogens with zero attached hydrogens (tertiary/aromatic N) is 3. The predicted molar refractivity (Wildman–Crippen MR) is 130 cm³/mol. The van der Waals surface area contributed by atoms with Crippen LogP contribution in [0.5, 0.6) is 0 Å². The summed E-state index contributed by atoms with van der Waals surface area (Å²) in [7, 11) is 1.81. The number of thiocarbonyl (C=S) groups is 1. The van der Waals surface area contributed by atoms with Crippen LogP contribution in [0, 0.1) is 5.82 Å². The van der Waals surface area contributed by atoms with Crippen molar-refractivity contribution in [1.29, 1.82) is 0 Å². The molecule has 0 bridgehead atoms. The van der Waals surface area contributed by atoms with E-state index in [-0.39, 0.29) is 11.7 Å². The number of anilines is 1. The Balaban J connectivity index is 1.56. The van der Waals surface area contributed by atoms with E-state index in [1.807, 2.05) is 72.9 Å². The second-order valence-electron chi connectivity index (χ2n) is 7.71. The van der Waals surface area contributed by atoms with E-state index in [4.69, 9.17) is 12.2 Å². The van der Waals surface area contributed by atoms with Crippen LogP contribution in [0.3, 0.4) is 0 Å². The quantitative estimate of drug-likeness (QED) is 0.312. The van der Waals surface area contributed by atoms with Gasteiger partial charge in [0.2, 0.25) is 0 Å². The third-order valence-electron chi connectivity index (χ3n) is 5.63. The minimum Gasteiger partial charge on any atom is -0.342 e. The number of hydrogen-bond acceptors (Lipinski definition) is 2. The van der Waals surface area contributed by atoms with Gasteiger partial charge in [-0.25, -0.2) is 4.39 Å². The largest absolute Gasteiger partial charge is 0.342 e. The molecule has 0 N–H and O–H groups in total. The first kappa shape index (κ1) is 20.2. The Morgan fingerprint density at radius 2 is 1.72 bits per heavy atom. The molecule has 0 radical (unpaired) electrons. The average Bonchev–Trinajstić information content (AvgIpc) is 3.24. The number of rotatable bonds is 4. The van der Waals surface area contributed by atoms with Crippen LogP contribution in [0.1, 0.15) is 11.1 Å². The maximum Gasteiger partial charge on any atom is 0.281 e. The van der Waals surface area contributed by atoms with Crippen molar-refractivity contribution in [2.24, 2.45) is 0 Å². The second kappa shape index (κ2) is 8.05. The second-order valence-corrected chi connectivity index (χ2v) is 8.07. The van der Waals surface area contributed by atoms with Gasteiger partial charge in [-0.2, -0.15) is 0 Å². The number of carbonyl (C=O) groups is 1. The summed E-state index contributed by atoms with van der Waals surface area (Å²) in [6.07, 6.45) is 3.87. The Hall–Kier alpha value is -3.77. The molecule has 5 rings (SSSR count). The molecule has 0 spiro atoms. The van der Waals surface area contributed by atoms with Gasteiger partial charge in [0.05, 0.1) is 5.69 Å². The van der Waals surface area contributed by atoms with E-state index in [0.717, 1.165) is 27.7 Å². The van der Waals surface area contributed by atoms with Gasteiger partial charge in [0, 0.05) is 36.3 Å². The first-order valence-corrected chi connectivity index (χ1v) is 10.6. The molecule has 6 heteroatoms. The standard InChI is InChI=1S/C26H20FN3OS/c1-28-24(25(31)30(26(28)32)21-10-3-2-4-11-21)15-19-17-29(23-13-6-5-12-22(19)23)16-18-8-7-9-20(27)14-18/h2-15,17H,16H2,1H3/b24-15-. The minimum absolute atomic E-state index is 0.161. The van der Waals surface area contributed by atoms with E-state index < -0.39 is 0 Å². The number of aromatic nitrogens is 1. The summed E-state index contributed by atoms with van der Waals surface area (Å²) in [6, 6.07) is 24.0. The number of para-hydroxylation sites is 2. The fraction of sp³-hybridized carbons (Fsp3) is 0.0769. The first-order chi connectivity index (χ1) is 15.5.